The van der Waals surface area contributed by atoms with Gasteiger partial charge < -0.3 is 5.73 Å². The quantitative estimate of drug-likeness (QED) is 0.701. The number of hydrogen-bond donors (Lipinski definition) is 1. The average Bonchev–Trinajstić information content (AvgIpc) is 2.75. The van der Waals surface area contributed by atoms with E-state index >= 15 is 0 Å². The molecule has 5 heteroatoms. The number of aromatic nitrogens is 3. The second kappa shape index (κ2) is 3.85. The van der Waals surface area contributed by atoms with Crippen LogP contribution in [0.3, 0.4) is 0 Å². The fourth-order valence-corrected chi connectivity index (χ4v) is 1.97. The number of fused-ring (bicyclic) bond motifs is 1. The van der Waals surface area contributed by atoms with Gasteiger partial charge >= 0.3 is 0 Å². The van der Waals surface area contributed by atoms with Crippen molar-refractivity contribution in [1.82, 2.24) is 14.8 Å². The second-order valence-corrected chi connectivity index (χ2v) is 4.64. The van der Waals surface area contributed by atoms with Crippen LogP contribution >= 0.6 is 15.9 Å². The molecule has 0 fully saturated rings. The number of nitrogens with two attached hydrogens (primary N) is 1. The molecule has 1 aromatic carbocycles. The minimum atomic E-state index is 0.744. The number of anilines is 1. The highest BCUT2D eigenvalue weighted by molar-refractivity contribution is 9.10. The summed E-state index contributed by atoms with van der Waals surface area (Å²) < 4.78 is 2.65. The molecule has 3 rings (SSSR count). The molecule has 0 unspecified atom stereocenters. The fourth-order valence-electron chi connectivity index (χ4n) is 1.69. The predicted molar refractivity (Wildman–Crippen MR) is 71.0 cm³/mol. The lowest BCUT2D eigenvalue weighted by molar-refractivity contribution is 0.852. The fraction of sp³-hybridized carbons (Fsp3) is 0. The zero-order valence-electron chi connectivity index (χ0n) is 8.84. The number of nitrogens with zero attached hydrogens (tertiary/aromatic N) is 3. The predicted octanol–water partition coefficient (Wildman–Crippen LogP) is 2.77. The Hall–Kier alpha value is -1.88. The molecular formula is C12H9BrN4. The molecule has 0 radical (unpaired) electrons. The van der Waals surface area contributed by atoms with Gasteiger partial charge in [-0.05, 0) is 46.3 Å². The molecule has 0 aliphatic rings. The molecule has 4 nitrogen and oxygen atoms in total. The van der Waals surface area contributed by atoms with E-state index in [0.717, 1.165) is 26.9 Å². The summed E-state index contributed by atoms with van der Waals surface area (Å²) in [4.78, 5) is 4.52. The molecule has 0 saturated heterocycles. The summed E-state index contributed by atoms with van der Waals surface area (Å²) in [6.45, 7) is 0. The molecule has 0 atom stereocenters. The van der Waals surface area contributed by atoms with E-state index < -0.39 is 0 Å². The Morgan fingerprint density at radius 1 is 1.18 bits per heavy atom. The monoisotopic (exact) mass is 288 g/mol. The molecule has 17 heavy (non-hydrogen) atoms. The minimum absolute atomic E-state index is 0.744. The number of pyridine rings is 1. The van der Waals surface area contributed by atoms with Crippen LogP contribution in [0.5, 0.6) is 0 Å². The number of nitrogen functional groups attached to an aromatic ring is 1. The van der Waals surface area contributed by atoms with Gasteiger partial charge in [-0.25, -0.2) is 9.67 Å². The molecule has 3 aromatic rings. The van der Waals surface area contributed by atoms with Crippen LogP contribution in [0.15, 0.2) is 47.2 Å². The van der Waals surface area contributed by atoms with Gasteiger partial charge in [0.05, 0.1) is 16.2 Å². The van der Waals surface area contributed by atoms with Crippen molar-refractivity contribution in [2.24, 2.45) is 0 Å². The van der Waals surface area contributed by atoms with E-state index in [-0.39, 0.29) is 0 Å². The molecule has 0 saturated carbocycles. The molecule has 0 amide bonds. The SMILES string of the molecule is Nc1ccc2nc(-n3cc(Br)cn3)ccc2c1. The Bertz CT molecular complexity index is 690. The van der Waals surface area contributed by atoms with Crippen LogP contribution < -0.4 is 5.73 Å². The van der Waals surface area contributed by atoms with Crippen LogP contribution in [0, 0.1) is 0 Å². The van der Waals surface area contributed by atoms with E-state index in [1.54, 1.807) is 10.9 Å². The van der Waals surface area contributed by atoms with Crippen molar-refractivity contribution >= 4 is 32.5 Å². The van der Waals surface area contributed by atoms with Gasteiger partial charge in [-0.2, -0.15) is 5.10 Å². The molecule has 2 N–H and O–H groups in total. The zero-order valence-corrected chi connectivity index (χ0v) is 10.4. The highest BCUT2D eigenvalue weighted by Gasteiger charge is 2.02. The van der Waals surface area contributed by atoms with Gasteiger partial charge in [0.15, 0.2) is 5.82 Å². The van der Waals surface area contributed by atoms with Crippen molar-refractivity contribution in [2.75, 3.05) is 5.73 Å². The van der Waals surface area contributed by atoms with Gasteiger partial charge in [-0.15, -0.1) is 0 Å². The summed E-state index contributed by atoms with van der Waals surface area (Å²) in [5, 5.41) is 5.22. The summed E-state index contributed by atoms with van der Waals surface area (Å²) in [7, 11) is 0. The molecule has 0 aliphatic heterocycles. The largest absolute Gasteiger partial charge is 0.399 e. The van der Waals surface area contributed by atoms with E-state index in [0.29, 0.717) is 0 Å². The van der Waals surface area contributed by atoms with Crippen molar-refractivity contribution in [3.05, 3.63) is 47.2 Å². The maximum Gasteiger partial charge on any atom is 0.154 e. The lowest BCUT2D eigenvalue weighted by Crippen LogP contribution is -1.97. The normalized spacial score (nSPS) is 10.9. The Morgan fingerprint density at radius 3 is 2.82 bits per heavy atom. The first-order chi connectivity index (χ1) is 8.22. The smallest absolute Gasteiger partial charge is 0.154 e. The molecule has 0 aliphatic carbocycles. The summed E-state index contributed by atoms with van der Waals surface area (Å²) in [6, 6.07) is 9.57. The van der Waals surface area contributed by atoms with E-state index in [1.807, 2.05) is 36.5 Å². The first-order valence-corrected chi connectivity index (χ1v) is 5.88. The standard InChI is InChI=1S/C12H9BrN4/c13-9-6-15-17(7-9)12-4-1-8-5-10(14)2-3-11(8)16-12/h1-7H,14H2. The third-order valence-electron chi connectivity index (χ3n) is 2.48. The van der Waals surface area contributed by atoms with Gasteiger partial charge in [-0.1, -0.05) is 0 Å². The topological polar surface area (TPSA) is 56.7 Å². The molecule has 0 bridgehead atoms. The highest BCUT2D eigenvalue weighted by atomic mass is 79.9. The maximum absolute atomic E-state index is 5.72. The Kier molecular flexibility index (Phi) is 2.33. The van der Waals surface area contributed by atoms with Gasteiger partial charge in [0, 0.05) is 17.3 Å². The van der Waals surface area contributed by atoms with Crippen molar-refractivity contribution in [2.45, 2.75) is 0 Å². The van der Waals surface area contributed by atoms with E-state index in [2.05, 4.69) is 26.0 Å². The first-order valence-electron chi connectivity index (χ1n) is 5.09. The number of hydrogen-bond acceptors (Lipinski definition) is 3. The Labute approximate surface area is 106 Å². The van der Waals surface area contributed by atoms with Crippen molar-refractivity contribution < 1.29 is 0 Å². The van der Waals surface area contributed by atoms with Gasteiger partial charge in [0.2, 0.25) is 0 Å². The number of benzene rings is 1. The van der Waals surface area contributed by atoms with Gasteiger partial charge in [0.1, 0.15) is 0 Å². The van der Waals surface area contributed by atoms with Crippen LogP contribution in [-0.4, -0.2) is 14.8 Å². The molecule has 2 heterocycles. The molecule has 2 aromatic heterocycles. The number of rotatable bonds is 1. The van der Waals surface area contributed by atoms with Crippen molar-refractivity contribution in [1.29, 1.82) is 0 Å². The van der Waals surface area contributed by atoms with Crippen LogP contribution in [0.2, 0.25) is 0 Å². The zero-order chi connectivity index (χ0) is 11.8. The Morgan fingerprint density at radius 2 is 2.06 bits per heavy atom. The summed E-state index contributed by atoms with van der Waals surface area (Å²) in [5.41, 5.74) is 7.38. The summed E-state index contributed by atoms with van der Waals surface area (Å²) in [6.07, 6.45) is 3.60. The minimum Gasteiger partial charge on any atom is -0.399 e. The van der Waals surface area contributed by atoms with Gasteiger partial charge in [0.25, 0.3) is 0 Å². The third-order valence-corrected chi connectivity index (χ3v) is 2.89. The third kappa shape index (κ3) is 1.89. The Balaban J connectivity index is 2.16. The van der Waals surface area contributed by atoms with Crippen molar-refractivity contribution in [3.8, 4) is 5.82 Å². The van der Waals surface area contributed by atoms with Crippen LogP contribution in [0.25, 0.3) is 16.7 Å². The van der Waals surface area contributed by atoms with Crippen LogP contribution in [0.1, 0.15) is 0 Å². The van der Waals surface area contributed by atoms with E-state index in [4.69, 9.17) is 5.73 Å². The van der Waals surface area contributed by atoms with E-state index in [9.17, 15) is 0 Å². The lowest BCUT2D eigenvalue weighted by atomic mass is 10.2. The highest BCUT2D eigenvalue weighted by Crippen LogP contribution is 2.18. The van der Waals surface area contributed by atoms with Crippen LogP contribution in [0.4, 0.5) is 5.69 Å². The van der Waals surface area contributed by atoms with Gasteiger partial charge in [-0.3, -0.25) is 0 Å². The van der Waals surface area contributed by atoms with Crippen LogP contribution in [-0.2, 0) is 0 Å². The average molecular weight is 289 g/mol. The van der Waals surface area contributed by atoms with Crippen molar-refractivity contribution in [3.63, 3.8) is 0 Å². The molecular weight excluding hydrogens is 280 g/mol. The summed E-state index contributed by atoms with van der Waals surface area (Å²) >= 11 is 3.36. The summed E-state index contributed by atoms with van der Waals surface area (Å²) in [5.74, 6) is 0.785. The molecule has 0 spiro atoms. The number of halogens is 1. The lowest BCUT2D eigenvalue weighted by Gasteiger charge is -2.03. The first kappa shape index (κ1) is 10.3. The van der Waals surface area contributed by atoms with E-state index in [1.165, 1.54) is 0 Å². The molecule has 84 valence electrons. The second-order valence-electron chi connectivity index (χ2n) is 3.72. The maximum atomic E-state index is 5.72.